The largest absolute Gasteiger partial charge is 0.293 e. The van der Waals surface area contributed by atoms with Crippen LogP contribution in [0.4, 0.5) is 0 Å². The molecule has 0 atom stereocenters. The van der Waals surface area contributed by atoms with E-state index in [1.807, 2.05) is 30.3 Å². The number of halogens is 1. The van der Waals surface area contributed by atoms with Crippen LogP contribution in [0.25, 0.3) is 6.08 Å². The number of carbonyl (C=O) groups excluding carboxylic acids is 1. The fraction of sp³-hybridized carbons (Fsp3) is 0.286. The first-order chi connectivity index (χ1) is 9.13. The van der Waals surface area contributed by atoms with Gasteiger partial charge in [-0.3, -0.25) is 9.69 Å². The lowest BCUT2D eigenvalue weighted by Crippen LogP contribution is -2.28. The van der Waals surface area contributed by atoms with Crippen LogP contribution in [0.1, 0.15) is 25.3 Å². The summed E-state index contributed by atoms with van der Waals surface area (Å²) in [6.07, 6.45) is 3.82. The number of rotatable bonds is 4. The number of nitrogens with zero attached hydrogens (tertiary/aromatic N) is 1. The van der Waals surface area contributed by atoms with Crippen LogP contribution in [-0.2, 0) is 4.79 Å². The third kappa shape index (κ3) is 3.38. The Morgan fingerprint density at radius 2 is 2.16 bits per heavy atom. The lowest BCUT2D eigenvalue weighted by atomic mass is 10.2. The lowest BCUT2D eigenvalue weighted by Gasteiger charge is -2.13. The number of benzene rings is 1. The quantitative estimate of drug-likeness (QED) is 0.609. The molecule has 1 amide bonds. The number of amides is 1. The second-order valence-electron chi connectivity index (χ2n) is 4.21. The van der Waals surface area contributed by atoms with E-state index in [2.05, 4.69) is 6.92 Å². The topological polar surface area (TPSA) is 20.3 Å². The Labute approximate surface area is 127 Å². The Morgan fingerprint density at radius 1 is 1.42 bits per heavy atom. The van der Waals surface area contributed by atoms with Gasteiger partial charge in [-0.2, -0.15) is 0 Å². The summed E-state index contributed by atoms with van der Waals surface area (Å²) >= 11 is 12.7. The molecule has 1 aliphatic rings. The van der Waals surface area contributed by atoms with Crippen molar-refractivity contribution in [3.63, 3.8) is 0 Å². The van der Waals surface area contributed by atoms with Crippen molar-refractivity contribution >= 4 is 51.9 Å². The summed E-state index contributed by atoms with van der Waals surface area (Å²) in [6.45, 7) is 2.79. The van der Waals surface area contributed by atoms with Crippen molar-refractivity contribution in [2.45, 2.75) is 19.8 Å². The van der Waals surface area contributed by atoms with E-state index in [0.29, 0.717) is 20.8 Å². The Balaban J connectivity index is 2.21. The average molecular weight is 312 g/mol. The van der Waals surface area contributed by atoms with Crippen molar-refractivity contribution in [2.24, 2.45) is 0 Å². The van der Waals surface area contributed by atoms with Crippen LogP contribution in [0.5, 0.6) is 0 Å². The van der Waals surface area contributed by atoms with E-state index in [-0.39, 0.29) is 5.91 Å². The lowest BCUT2D eigenvalue weighted by molar-refractivity contribution is -0.122. The normalized spacial score (nSPS) is 17.6. The molecule has 0 spiro atoms. The monoisotopic (exact) mass is 311 g/mol. The molecule has 0 radical (unpaired) electrons. The minimum atomic E-state index is -0.0108. The molecule has 0 saturated carbocycles. The number of carbonyl (C=O) groups is 1. The SMILES string of the molecule is CCCCN1C(=O)C(=Cc2ccccc2Cl)SC1=S. The summed E-state index contributed by atoms with van der Waals surface area (Å²) in [6, 6.07) is 7.47. The van der Waals surface area contributed by atoms with Crippen molar-refractivity contribution in [2.75, 3.05) is 6.54 Å². The van der Waals surface area contributed by atoms with Gasteiger partial charge in [0.25, 0.3) is 5.91 Å². The second kappa shape index (κ2) is 6.55. The predicted octanol–water partition coefficient (Wildman–Crippen LogP) is 4.34. The smallest absolute Gasteiger partial charge is 0.266 e. The van der Waals surface area contributed by atoms with Gasteiger partial charge in [0, 0.05) is 11.6 Å². The van der Waals surface area contributed by atoms with E-state index < -0.39 is 0 Å². The molecular formula is C14H14ClNOS2. The predicted molar refractivity (Wildman–Crippen MR) is 86.2 cm³/mol. The molecule has 1 heterocycles. The van der Waals surface area contributed by atoms with Gasteiger partial charge in [0.15, 0.2) is 0 Å². The summed E-state index contributed by atoms with van der Waals surface area (Å²) in [5, 5.41) is 0.640. The van der Waals surface area contributed by atoms with Gasteiger partial charge in [-0.15, -0.1) is 0 Å². The molecule has 2 rings (SSSR count). The van der Waals surface area contributed by atoms with Crippen molar-refractivity contribution < 1.29 is 4.79 Å². The highest BCUT2D eigenvalue weighted by molar-refractivity contribution is 8.26. The maximum Gasteiger partial charge on any atom is 0.266 e. The molecule has 100 valence electrons. The van der Waals surface area contributed by atoms with Crippen molar-refractivity contribution in [1.82, 2.24) is 4.90 Å². The standard InChI is InChI=1S/C14H14ClNOS2/c1-2-3-8-16-13(17)12(19-14(16)18)9-10-6-4-5-7-11(10)15/h4-7,9H,2-3,8H2,1H3. The van der Waals surface area contributed by atoms with E-state index in [0.717, 1.165) is 18.4 Å². The molecule has 2 nitrogen and oxygen atoms in total. The average Bonchev–Trinajstić information content (AvgIpc) is 2.65. The molecular weight excluding hydrogens is 298 g/mol. The molecule has 1 aromatic carbocycles. The summed E-state index contributed by atoms with van der Waals surface area (Å²) in [4.78, 5) is 14.6. The maximum absolute atomic E-state index is 12.2. The van der Waals surface area contributed by atoms with Gasteiger partial charge in [-0.1, -0.05) is 67.1 Å². The molecule has 1 aromatic rings. The highest BCUT2D eigenvalue weighted by Gasteiger charge is 2.31. The molecule has 0 N–H and O–H groups in total. The van der Waals surface area contributed by atoms with E-state index in [1.54, 1.807) is 4.90 Å². The Kier molecular flexibility index (Phi) is 5.02. The first-order valence-corrected chi connectivity index (χ1v) is 7.73. The Morgan fingerprint density at radius 3 is 2.84 bits per heavy atom. The summed E-state index contributed by atoms with van der Waals surface area (Å²) in [5.41, 5.74) is 0.847. The van der Waals surface area contributed by atoms with Gasteiger partial charge in [0.1, 0.15) is 4.32 Å². The van der Waals surface area contributed by atoms with Crippen LogP contribution in [0.3, 0.4) is 0 Å². The molecule has 0 aromatic heterocycles. The first kappa shape index (κ1) is 14.6. The molecule has 5 heteroatoms. The molecule has 0 aliphatic carbocycles. The van der Waals surface area contributed by atoms with Gasteiger partial charge >= 0.3 is 0 Å². The number of hydrogen-bond acceptors (Lipinski definition) is 3. The zero-order valence-corrected chi connectivity index (χ0v) is 12.9. The molecule has 0 bridgehead atoms. The number of hydrogen-bond donors (Lipinski definition) is 0. The highest BCUT2D eigenvalue weighted by Crippen LogP contribution is 2.33. The van der Waals surface area contributed by atoms with Crippen LogP contribution < -0.4 is 0 Å². The maximum atomic E-state index is 12.2. The van der Waals surface area contributed by atoms with Gasteiger partial charge in [0.05, 0.1) is 4.91 Å². The van der Waals surface area contributed by atoms with Crippen molar-refractivity contribution in [1.29, 1.82) is 0 Å². The molecule has 1 aliphatic heterocycles. The summed E-state index contributed by atoms with van der Waals surface area (Å²) in [7, 11) is 0. The Bertz CT molecular complexity index is 542. The van der Waals surface area contributed by atoms with Crippen LogP contribution in [0.2, 0.25) is 5.02 Å². The van der Waals surface area contributed by atoms with Crippen molar-refractivity contribution in [3.8, 4) is 0 Å². The van der Waals surface area contributed by atoms with E-state index in [4.69, 9.17) is 23.8 Å². The molecule has 19 heavy (non-hydrogen) atoms. The zero-order chi connectivity index (χ0) is 13.8. The van der Waals surface area contributed by atoms with Gasteiger partial charge in [-0.05, 0) is 24.1 Å². The minimum absolute atomic E-state index is 0.0108. The summed E-state index contributed by atoms with van der Waals surface area (Å²) in [5.74, 6) is -0.0108. The number of thioether (sulfide) groups is 1. The molecule has 1 saturated heterocycles. The number of thiocarbonyl (C=S) groups is 1. The third-order valence-electron chi connectivity index (χ3n) is 2.80. The fourth-order valence-electron chi connectivity index (χ4n) is 1.74. The van der Waals surface area contributed by atoms with E-state index >= 15 is 0 Å². The van der Waals surface area contributed by atoms with Gasteiger partial charge in [-0.25, -0.2) is 0 Å². The van der Waals surface area contributed by atoms with Crippen LogP contribution in [-0.4, -0.2) is 21.7 Å². The zero-order valence-electron chi connectivity index (χ0n) is 10.6. The summed E-state index contributed by atoms with van der Waals surface area (Å²) < 4.78 is 0.636. The van der Waals surface area contributed by atoms with Crippen LogP contribution in [0, 0.1) is 0 Å². The van der Waals surface area contributed by atoms with Gasteiger partial charge < -0.3 is 0 Å². The minimum Gasteiger partial charge on any atom is -0.293 e. The van der Waals surface area contributed by atoms with Gasteiger partial charge in [0.2, 0.25) is 0 Å². The first-order valence-electron chi connectivity index (χ1n) is 6.13. The second-order valence-corrected chi connectivity index (χ2v) is 6.29. The molecule has 1 fully saturated rings. The van der Waals surface area contributed by atoms with E-state index in [9.17, 15) is 4.79 Å². The van der Waals surface area contributed by atoms with E-state index in [1.165, 1.54) is 11.8 Å². The third-order valence-corrected chi connectivity index (χ3v) is 4.52. The Hall–Kier alpha value is -0.840. The van der Waals surface area contributed by atoms with Crippen LogP contribution in [0.15, 0.2) is 29.2 Å². The van der Waals surface area contributed by atoms with Crippen LogP contribution >= 0.6 is 35.6 Å². The highest BCUT2D eigenvalue weighted by atomic mass is 35.5. The fourth-order valence-corrected chi connectivity index (χ4v) is 3.23. The van der Waals surface area contributed by atoms with Crippen molar-refractivity contribution in [3.05, 3.63) is 39.8 Å². The number of unbranched alkanes of at least 4 members (excludes halogenated alkanes) is 1. The molecule has 0 unspecified atom stereocenters.